The van der Waals surface area contributed by atoms with Crippen molar-refractivity contribution < 1.29 is 24.5 Å². The molecule has 0 saturated heterocycles. The summed E-state index contributed by atoms with van der Waals surface area (Å²) >= 11 is 0. The van der Waals surface area contributed by atoms with Gasteiger partial charge in [-0.05, 0) is 83.5 Å². The summed E-state index contributed by atoms with van der Waals surface area (Å²) in [6.07, 6.45) is 67.5. The van der Waals surface area contributed by atoms with Crippen LogP contribution in [-0.4, -0.2) is 46.9 Å². The first-order valence-electron chi connectivity index (χ1n) is 26.5. The molecule has 0 aromatic carbocycles. The molecule has 3 unspecified atom stereocenters. The van der Waals surface area contributed by atoms with Gasteiger partial charge < -0.3 is 20.3 Å². The average molecular weight is 890 g/mol. The van der Waals surface area contributed by atoms with Gasteiger partial charge in [0, 0.05) is 6.42 Å². The van der Waals surface area contributed by atoms with Crippen molar-refractivity contribution in [2.45, 2.75) is 251 Å². The number of carbonyl (C=O) groups is 2. The summed E-state index contributed by atoms with van der Waals surface area (Å²) in [5.74, 6) is -0.580. The minimum Gasteiger partial charge on any atom is -0.462 e. The van der Waals surface area contributed by atoms with Gasteiger partial charge in [-0.25, -0.2) is 0 Å². The number of unbranched alkanes of at least 4 members (excludes halogenated alkanes) is 21. The normalized spacial score (nSPS) is 14.0. The molecule has 1 amide bonds. The zero-order chi connectivity index (χ0) is 46.7. The molecule has 0 rings (SSSR count). The van der Waals surface area contributed by atoms with E-state index in [1.165, 1.54) is 103 Å². The maximum atomic E-state index is 13.2. The highest BCUT2D eigenvalue weighted by atomic mass is 16.5. The zero-order valence-corrected chi connectivity index (χ0v) is 41.6. The van der Waals surface area contributed by atoms with Gasteiger partial charge in [-0.15, -0.1) is 0 Å². The van der Waals surface area contributed by atoms with Crippen LogP contribution in [0.5, 0.6) is 0 Å². The maximum absolute atomic E-state index is 13.2. The van der Waals surface area contributed by atoms with Crippen LogP contribution in [0.4, 0.5) is 0 Å². The average Bonchev–Trinajstić information content (AvgIpc) is 3.29. The maximum Gasteiger partial charge on any atom is 0.306 e. The second kappa shape index (κ2) is 50.8. The van der Waals surface area contributed by atoms with Crippen molar-refractivity contribution >= 4 is 11.9 Å². The van der Waals surface area contributed by atoms with Gasteiger partial charge in [0.1, 0.15) is 6.10 Å². The first-order valence-corrected chi connectivity index (χ1v) is 26.5. The Hall–Kier alpha value is -3.22. The lowest BCUT2D eigenvalue weighted by Crippen LogP contribution is -2.46. The van der Waals surface area contributed by atoms with E-state index in [-0.39, 0.29) is 24.9 Å². The lowest BCUT2D eigenvalue weighted by atomic mass is 10.0. The topological polar surface area (TPSA) is 95.9 Å². The van der Waals surface area contributed by atoms with Crippen LogP contribution in [0.15, 0.2) is 97.2 Å². The molecule has 0 aliphatic rings. The van der Waals surface area contributed by atoms with Crippen LogP contribution in [0.2, 0.25) is 0 Å². The van der Waals surface area contributed by atoms with Crippen LogP contribution in [0.25, 0.3) is 0 Å². The molecule has 0 saturated carbocycles. The Morgan fingerprint density at radius 3 is 1.47 bits per heavy atom. The van der Waals surface area contributed by atoms with Crippen molar-refractivity contribution in [3.05, 3.63) is 97.2 Å². The van der Waals surface area contributed by atoms with Gasteiger partial charge in [0.2, 0.25) is 5.91 Å². The Bertz CT molecular complexity index is 1270. The van der Waals surface area contributed by atoms with E-state index in [0.717, 1.165) is 83.5 Å². The van der Waals surface area contributed by atoms with Crippen LogP contribution in [0.3, 0.4) is 0 Å². The molecule has 0 fully saturated rings. The molecule has 3 atom stereocenters. The molecule has 0 aromatic rings. The van der Waals surface area contributed by atoms with Crippen molar-refractivity contribution in [2.75, 3.05) is 6.61 Å². The van der Waals surface area contributed by atoms with Gasteiger partial charge in [-0.3, -0.25) is 9.59 Å². The Morgan fingerprint density at radius 2 is 0.922 bits per heavy atom. The zero-order valence-electron chi connectivity index (χ0n) is 41.6. The quantitative estimate of drug-likeness (QED) is 0.0245. The number of hydrogen-bond donors (Lipinski definition) is 3. The van der Waals surface area contributed by atoms with Gasteiger partial charge >= 0.3 is 5.97 Å². The number of rotatable bonds is 46. The molecule has 0 bridgehead atoms. The van der Waals surface area contributed by atoms with E-state index in [2.05, 4.69) is 92.9 Å². The lowest BCUT2D eigenvalue weighted by Gasteiger charge is -2.24. The SMILES string of the molecule is CC/C=C/C=C/C=C\C=C/CCCCCC(=O)OC(CCC/C=C\C/C=C\C/C=C\C/C=C\CCCCC)CC(=O)NC(CO)C(O)CCCCCCCCCCCCCCCCC. The summed E-state index contributed by atoms with van der Waals surface area (Å²) in [7, 11) is 0. The number of esters is 1. The number of hydrogen-bond acceptors (Lipinski definition) is 5. The van der Waals surface area contributed by atoms with Crippen LogP contribution >= 0.6 is 0 Å². The number of nitrogens with one attached hydrogen (secondary N) is 1. The molecule has 0 radical (unpaired) electrons. The second-order valence-electron chi connectivity index (χ2n) is 17.6. The molecule has 0 aliphatic carbocycles. The molecule has 0 spiro atoms. The van der Waals surface area contributed by atoms with Crippen molar-refractivity contribution in [1.82, 2.24) is 5.32 Å². The van der Waals surface area contributed by atoms with Crippen molar-refractivity contribution in [1.29, 1.82) is 0 Å². The Balaban J connectivity index is 4.74. The lowest BCUT2D eigenvalue weighted by molar-refractivity contribution is -0.151. The highest BCUT2D eigenvalue weighted by Gasteiger charge is 2.24. The summed E-state index contributed by atoms with van der Waals surface area (Å²) in [6.45, 7) is 6.29. The predicted molar refractivity (Wildman–Crippen MR) is 277 cm³/mol. The summed E-state index contributed by atoms with van der Waals surface area (Å²) in [5.41, 5.74) is 0. The molecular formula is C58H99NO5. The van der Waals surface area contributed by atoms with Crippen molar-refractivity contribution in [3.63, 3.8) is 0 Å². The van der Waals surface area contributed by atoms with Crippen LogP contribution in [-0.2, 0) is 14.3 Å². The Morgan fingerprint density at radius 1 is 0.484 bits per heavy atom. The van der Waals surface area contributed by atoms with Gasteiger partial charge in [-0.1, -0.05) is 234 Å². The molecule has 0 heterocycles. The number of carbonyl (C=O) groups excluding carboxylic acids is 2. The second-order valence-corrected chi connectivity index (χ2v) is 17.6. The Labute approximate surface area is 395 Å². The highest BCUT2D eigenvalue weighted by Crippen LogP contribution is 2.17. The van der Waals surface area contributed by atoms with E-state index in [1.54, 1.807) is 0 Å². The van der Waals surface area contributed by atoms with Gasteiger partial charge in [0.15, 0.2) is 0 Å². The Kier molecular flexibility index (Phi) is 48.2. The van der Waals surface area contributed by atoms with E-state index in [1.807, 2.05) is 30.4 Å². The van der Waals surface area contributed by atoms with Crippen molar-refractivity contribution in [2.24, 2.45) is 0 Å². The number of allylic oxidation sites excluding steroid dienone is 16. The third-order valence-electron chi connectivity index (χ3n) is 11.5. The summed E-state index contributed by atoms with van der Waals surface area (Å²) < 4.78 is 5.89. The molecule has 64 heavy (non-hydrogen) atoms. The van der Waals surface area contributed by atoms with E-state index in [4.69, 9.17) is 4.74 Å². The summed E-state index contributed by atoms with van der Waals surface area (Å²) in [5, 5.41) is 23.8. The monoisotopic (exact) mass is 890 g/mol. The van der Waals surface area contributed by atoms with Crippen LogP contribution in [0, 0.1) is 0 Å². The van der Waals surface area contributed by atoms with Crippen LogP contribution in [0.1, 0.15) is 233 Å². The molecular weight excluding hydrogens is 791 g/mol. The molecule has 3 N–H and O–H groups in total. The molecule has 6 nitrogen and oxygen atoms in total. The standard InChI is InChI=1S/C58H99NO5/c1-4-7-10-13-16-19-22-25-27-28-30-32-34-37-40-43-46-49-54(64-58(63)51-48-45-42-39-36-31-24-21-18-15-12-9-6-3)52-57(62)59-55(53-60)56(61)50-47-44-41-38-35-33-29-26-23-20-17-14-11-8-5-2/h9,12,15-16,18-19,21,24-25,27,30-32,36-37,40,54-56,60-61H,4-8,10-11,13-14,17,20,22-23,26,28-29,33-35,38-39,41-53H2,1-3H3,(H,59,62)/b12-9+,18-15+,19-16-,24-21-,27-25-,32-30-,36-31-,40-37-. The molecule has 366 valence electrons. The number of aliphatic hydroxyl groups excluding tert-OH is 2. The molecule has 0 aliphatic heterocycles. The molecule has 0 aromatic heterocycles. The van der Waals surface area contributed by atoms with E-state index in [0.29, 0.717) is 19.3 Å². The third-order valence-corrected chi connectivity index (χ3v) is 11.5. The third kappa shape index (κ3) is 45.4. The van der Waals surface area contributed by atoms with Gasteiger partial charge in [0.05, 0.1) is 25.2 Å². The van der Waals surface area contributed by atoms with Gasteiger partial charge in [0.25, 0.3) is 0 Å². The highest BCUT2D eigenvalue weighted by molar-refractivity contribution is 5.77. The first-order chi connectivity index (χ1) is 31.5. The number of aliphatic hydroxyl groups is 2. The van der Waals surface area contributed by atoms with E-state index >= 15 is 0 Å². The summed E-state index contributed by atoms with van der Waals surface area (Å²) in [6, 6.07) is -0.733. The minimum atomic E-state index is -0.815. The van der Waals surface area contributed by atoms with E-state index in [9.17, 15) is 19.8 Å². The predicted octanol–water partition coefficient (Wildman–Crippen LogP) is 16.1. The van der Waals surface area contributed by atoms with E-state index < -0.39 is 18.2 Å². The first kappa shape index (κ1) is 60.8. The fourth-order valence-electron chi connectivity index (χ4n) is 7.49. The smallest absolute Gasteiger partial charge is 0.306 e. The van der Waals surface area contributed by atoms with Crippen molar-refractivity contribution in [3.8, 4) is 0 Å². The minimum absolute atomic E-state index is 0.0188. The largest absolute Gasteiger partial charge is 0.462 e. The fourth-order valence-corrected chi connectivity index (χ4v) is 7.49. The van der Waals surface area contributed by atoms with Crippen LogP contribution < -0.4 is 5.32 Å². The summed E-state index contributed by atoms with van der Waals surface area (Å²) in [4.78, 5) is 26.1. The fraction of sp³-hybridized carbons (Fsp3) is 0.690. The number of ether oxygens (including phenoxy) is 1. The van der Waals surface area contributed by atoms with Gasteiger partial charge in [-0.2, -0.15) is 0 Å². The molecule has 6 heteroatoms. The number of amides is 1.